The molecule has 0 aliphatic rings. The van der Waals surface area contributed by atoms with Crippen LogP contribution in [0.25, 0.3) is 5.69 Å². The van der Waals surface area contributed by atoms with Crippen molar-refractivity contribution in [2.45, 2.75) is 5.03 Å². The van der Waals surface area contributed by atoms with Gasteiger partial charge in [0.2, 0.25) is 0 Å². The Bertz CT molecular complexity index is 381. The fraction of sp³-hybridized carbons (Fsp3) is 0.100. The highest BCUT2D eigenvalue weighted by Crippen LogP contribution is 2.17. The highest BCUT2D eigenvalue weighted by atomic mass is 32.2. The number of aromatic nitrogens is 2. The van der Waals surface area contributed by atoms with Crippen LogP contribution in [0.1, 0.15) is 0 Å². The van der Waals surface area contributed by atoms with Crippen molar-refractivity contribution >= 4 is 11.8 Å². The van der Waals surface area contributed by atoms with E-state index in [1.165, 1.54) is 0 Å². The van der Waals surface area contributed by atoms with Gasteiger partial charge in [-0.05, 0) is 24.5 Å². The minimum Gasteiger partial charge on any atom is -0.227 e. The van der Waals surface area contributed by atoms with Crippen LogP contribution in [0.15, 0.2) is 47.6 Å². The molecule has 0 bridgehead atoms. The van der Waals surface area contributed by atoms with E-state index < -0.39 is 0 Å². The molecule has 0 spiro atoms. The van der Waals surface area contributed by atoms with Crippen molar-refractivity contribution in [3.63, 3.8) is 0 Å². The molecule has 3 heteroatoms. The van der Waals surface area contributed by atoms with Crippen LogP contribution in [0.2, 0.25) is 0 Å². The van der Waals surface area contributed by atoms with Crippen molar-refractivity contribution in [2.24, 2.45) is 0 Å². The monoisotopic (exact) mass is 190 g/mol. The summed E-state index contributed by atoms with van der Waals surface area (Å²) in [6, 6.07) is 12.1. The van der Waals surface area contributed by atoms with Crippen LogP contribution in [0.5, 0.6) is 0 Å². The van der Waals surface area contributed by atoms with Crippen LogP contribution in [-0.4, -0.2) is 16.0 Å². The molecule has 2 aromatic rings. The number of para-hydroxylation sites is 1. The maximum atomic E-state index is 4.25. The van der Waals surface area contributed by atoms with Gasteiger partial charge in [0.05, 0.1) is 16.9 Å². The zero-order valence-electron chi connectivity index (χ0n) is 7.34. The molecular formula is C10H10N2S. The molecule has 13 heavy (non-hydrogen) atoms. The first kappa shape index (κ1) is 8.38. The fourth-order valence-electron chi connectivity index (χ4n) is 1.21. The molecule has 0 N–H and O–H groups in total. The molecule has 0 fully saturated rings. The molecule has 0 amide bonds. The van der Waals surface area contributed by atoms with Crippen molar-refractivity contribution in [3.8, 4) is 5.69 Å². The van der Waals surface area contributed by atoms with Gasteiger partial charge in [-0.25, -0.2) is 4.68 Å². The Kier molecular flexibility index (Phi) is 2.36. The van der Waals surface area contributed by atoms with Crippen molar-refractivity contribution in [1.82, 2.24) is 9.78 Å². The molecule has 0 radical (unpaired) electrons. The minimum absolute atomic E-state index is 1.11. The van der Waals surface area contributed by atoms with Gasteiger partial charge in [0.25, 0.3) is 0 Å². The molecule has 1 heterocycles. The number of hydrogen-bond donors (Lipinski definition) is 0. The summed E-state index contributed by atoms with van der Waals surface area (Å²) in [5.74, 6) is 0. The van der Waals surface area contributed by atoms with E-state index in [0.717, 1.165) is 10.7 Å². The molecule has 0 atom stereocenters. The lowest BCUT2D eigenvalue weighted by atomic mass is 10.3. The highest BCUT2D eigenvalue weighted by molar-refractivity contribution is 7.98. The normalized spacial score (nSPS) is 10.2. The average Bonchev–Trinajstić information content (AvgIpc) is 2.67. The van der Waals surface area contributed by atoms with Crippen LogP contribution in [-0.2, 0) is 0 Å². The second kappa shape index (κ2) is 3.66. The maximum Gasteiger partial charge on any atom is 0.0995 e. The predicted octanol–water partition coefficient (Wildman–Crippen LogP) is 2.59. The van der Waals surface area contributed by atoms with Gasteiger partial charge < -0.3 is 0 Å². The molecule has 66 valence electrons. The van der Waals surface area contributed by atoms with E-state index in [4.69, 9.17) is 0 Å². The van der Waals surface area contributed by atoms with E-state index in [2.05, 4.69) is 11.4 Å². The summed E-state index contributed by atoms with van der Waals surface area (Å²) in [5, 5.41) is 5.41. The van der Waals surface area contributed by atoms with E-state index in [-0.39, 0.29) is 0 Å². The first-order chi connectivity index (χ1) is 6.42. The van der Waals surface area contributed by atoms with Crippen LogP contribution >= 0.6 is 11.8 Å². The number of thioether (sulfide) groups is 1. The maximum absolute atomic E-state index is 4.25. The first-order valence-electron chi connectivity index (χ1n) is 4.05. The summed E-state index contributed by atoms with van der Waals surface area (Å²) < 4.78 is 1.94. The molecule has 2 nitrogen and oxygen atoms in total. The number of hydrogen-bond acceptors (Lipinski definition) is 2. The third-order valence-corrected chi connectivity index (χ3v) is 2.55. The summed E-state index contributed by atoms with van der Waals surface area (Å²) in [6.45, 7) is 0. The Morgan fingerprint density at radius 3 is 2.62 bits per heavy atom. The quantitative estimate of drug-likeness (QED) is 0.677. The Morgan fingerprint density at radius 1 is 1.15 bits per heavy atom. The molecule has 2 rings (SSSR count). The lowest BCUT2D eigenvalue weighted by Gasteiger charge is -2.03. The van der Waals surface area contributed by atoms with Crippen molar-refractivity contribution in [3.05, 3.63) is 42.6 Å². The third-order valence-electron chi connectivity index (χ3n) is 1.82. The Labute approximate surface area is 81.6 Å². The van der Waals surface area contributed by atoms with E-state index in [0.29, 0.717) is 0 Å². The van der Waals surface area contributed by atoms with Gasteiger partial charge in [0.1, 0.15) is 0 Å². The molecule has 0 unspecified atom stereocenters. The van der Waals surface area contributed by atoms with E-state index >= 15 is 0 Å². The largest absolute Gasteiger partial charge is 0.227 e. The van der Waals surface area contributed by atoms with Gasteiger partial charge in [0.15, 0.2) is 0 Å². The van der Waals surface area contributed by atoms with Gasteiger partial charge in [-0.15, -0.1) is 11.8 Å². The van der Waals surface area contributed by atoms with Crippen molar-refractivity contribution in [1.29, 1.82) is 0 Å². The smallest absolute Gasteiger partial charge is 0.0995 e. The zero-order valence-corrected chi connectivity index (χ0v) is 8.16. The second-order valence-electron chi connectivity index (χ2n) is 2.62. The van der Waals surface area contributed by atoms with Gasteiger partial charge >= 0.3 is 0 Å². The van der Waals surface area contributed by atoms with Gasteiger partial charge in [-0.3, -0.25) is 0 Å². The molecule has 0 aliphatic heterocycles. The Morgan fingerprint density at radius 2 is 1.92 bits per heavy atom. The molecule has 1 aromatic carbocycles. The minimum atomic E-state index is 1.11. The van der Waals surface area contributed by atoms with E-state index in [1.54, 1.807) is 11.8 Å². The molecule has 0 aliphatic carbocycles. The van der Waals surface area contributed by atoms with Crippen LogP contribution in [0.3, 0.4) is 0 Å². The van der Waals surface area contributed by atoms with Crippen LogP contribution < -0.4 is 0 Å². The zero-order chi connectivity index (χ0) is 9.10. The summed E-state index contributed by atoms with van der Waals surface area (Å²) in [5.41, 5.74) is 1.11. The summed E-state index contributed by atoms with van der Waals surface area (Å²) >= 11 is 1.70. The predicted molar refractivity (Wildman–Crippen MR) is 55.3 cm³/mol. The van der Waals surface area contributed by atoms with Gasteiger partial charge in [-0.1, -0.05) is 18.2 Å². The van der Waals surface area contributed by atoms with E-state index in [1.807, 2.05) is 47.3 Å². The number of rotatable bonds is 2. The lowest BCUT2D eigenvalue weighted by Crippen LogP contribution is -1.96. The van der Waals surface area contributed by atoms with Gasteiger partial charge in [-0.2, -0.15) is 5.10 Å². The summed E-state index contributed by atoms with van der Waals surface area (Å²) in [7, 11) is 0. The standard InChI is InChI=1S/C10H10N2S/c1-13-10-7-8-11-12(10)9-5-3-2-4-6-9/h2-8H,1H3. The van der Waals surface area contributed by atoms with Crippen LogP contribution in [0, 0.1) is 0 Å². The molecule has 0 saturated heterocycles. The Balaban J connectivity index is 2.47. The molecule has 0 saturated carbocycles. The third kappa shape index (κ3) is 1.60. The van der Waals surface area contributed by atoms with Crippen molar-refractivity contribution in [2.75, 3.05) is 6.26 Å². The SMILES string of the molecule is CSc1ccnn1-c1ccccc1. The van der Waals surface area contributed by atoms with Gasteiger partial charge in [0, 0.05) is 0 Å². The summed E-state index contributed by atoms with van der Waals surface area (Å²) in [6.07, 6.45) is 3.87. The number of nitrogens with zero attached hydrogens (tertiary/aromatic N) is 2. The highest BCUT2D eigenvalue weighted by Gasteiger charge is 2.01. The van der Waals surface area contributed by atoms with Crippen molar-refractivity contribution < 1.29 is 0 Å². The summed E-state index contributed by atoms with van der Waals surface area (Å²) in [4.78, 5) is 0. The second-order valence-corrected chi connectivity index (χ2v) is 3.45. The molecule has 1 aromatic heterocycles. The number of benzene rings is 1. The van der Waals surface area contributed by atoms with Crippen LogP contribution in [0.4, 0.5) is 0 Å². The average molecular weight is 190 g/mol. The first-order valence-corrected chi connectivity index (χ1v) is 5.28. The fourth-order valence-corrected chi connectivity index (χ4v) is 1.73. The lowest BCUT2D eigenvalue weighted by molar-refractivity contribution is 0.804. The van der Waals surface area contributed by atoms with E-state index in [9.17, 15) is 0 Å². The molecular weight excluding hydrogens is 180 g/mol. The topological polar surface area (TPSA) is 17.8 Å². The Hall–Kier alpha value is -1.22.